The average molecular weight is 206 g/mol. The van der Waals surface area contributed by atoms with Crippen molar-refractivity contribution in [2.75, 3.05) is 20.8 Å². The molecule has 0 amide bonds. The summed E-state index contributed by atoms with van der Waals surface area (Å²) in [4.78, 5) is 0. The summed E-state index contributed by atoms with van der Waals surface area (Å²) in [7, 11) is 3.06. The van der Waals surface area contributed by atoms with Gasteiger partial charge in [0.1, 0.15) is 5.91 Å². The van der Waals surface area contributed by atoms with Crippen molar-refractivity contribution in [2.45, 2.75) is 30.8 Å². The van der Waals surface area contributed by atoms with Gasteiger partial charge in [0.25, 0.3) is 0 Å². The minimum absolute atomic E-state index is 0.0464. The largest absolute Gasteiger partial charge is 0.360 e. The highest BCUT2D eigenvalue weighted by Crippen LogP contribution is 2.01. The summed E-state index contributed by atoms with van der Waals surface area (Å²) in [6, 6.07) is 1.42. The standard InChI is InChI=1S/C8H22N2O2Si/c1-11-8(12-2)13-6-4-7(10)3-5-9/h7-8H,3-6,9-10,13H2,1-2H3. The molecular formula is C8H22N2O2Si. The molecule has 0 aliphatic heterocycles. The molecular weight excluding hydrogens is 184 g/mol. The number of ether oxygens (including phenoxy) is 2. The Morgan fingerprint density at radius 1 is 1.23 bits per heavy atom. The number of nitrogens with two attached hydrogens (primary N) is 2. The Balaban J connectivity index is 3.32. The predicted molar refractivity (Wildman–Crippen MR) is 57.4 cm³/mol. The van der Waals surface area contributed by atoms with Crippen LogP contribution in [0.4, 0.5) is 0 Å². The molecule has 0 aliphatic rings. The fourth-order valence-electron chi connectivity index (χ4n) is 1.24. The molecule has 0 aliphatic carbocycles. The van der Waals surface area contributed by atoms with Gasteiger partial charge in [-0.3, -0.25) is 0 Å². The smallest absolute Gasteiger partial charge is 0.134 e. The number of rotatable bonds is 8. The molecule has 1 atom stereocenters. The first kappa shape index (κ1) is 13.1. The van der Waals surface area contributed by atoms with Crippen LogP contribution in [0, 0.1) is 0 Å². The van der Waals surface area contributed by atoms with Gasteiger partial charge in [-0.15, -0.1) is 0 Å². The van der Waals surface area contributed by atoms with Crippen molar-refractivity contribution in [3.8, 4) is 0 Å². The number of methoxy groups -OCH3 is 2. The lowest BCUT2D eigenvalue weighted by Crippen LogP contribution is -2.27. The van der Waals surface area contributed by atoms with Crippen molar-refractivity contribution < 1.29 is 9.47 Å². The Morgan fingerprint density at radius 2 is 1.85 bits per heavy atom. The van der Waals surface area contributed by atoms with E-state index < -0.39 is 0 Å². The first-order valence-corrected chi connectivity index (χ1v) is 6.57. The first-order chi connectivity index (χ1) is 6.24. The molecule has 0 bridgehead atoms. The average Bonchev–Trinajstić information content (AvgIpc) is 2.13. The van der Waals surface area contributed by atoms with Crippen LogP contribution in [0.1, 0.15) is 12.8 Å². The first-order valence-electron chi connectivity index (χ1n) is 4.75. The molecule has 0 radical (unpaired) electrons. The lowest BCUT2D eigenvalue weighted by atomic mass is 10.2. The maximum Gasteiger partial charge on any atom is 0.134 e. The molecule has 80 valence electrons. The Kier molecular flexibility index (Phi) is 8.68. The van der Waals surface area contributed by atoms with E-state index in [0.717, 1.165) is 18.9 Å². The topological polar surface area (TPSA) is 70.5 Å². The van der Waals surface area contributed by atoms with E-state index in [1.54, 1.807) is 14.2 Å². The van der Waals surface area contributed by atoms with E-state index in [-0.39, 0.29) is 21.5 Å². The monoisotopic (exact) mass is 206 g/mol. The zero-order chi connectivity index (χ0) is 10.1. The van der Waals surface area contributed by atoms with Crippen LogP contribution in [0.3, 0.4) is 0 Å². The van der Waals surface area contributed by atoms with E-state index in [4.69, 9.17) is 20.9 Å². The summed E-state index contributed by atoms with van der Waals surface area (Å²) >= 11 is 0. The van der Waals surface area contributed by atoms with E-state index in [0.29, 0.717) is 6.54 Å². The molecule has 1 unspecified atom stereocenters. The van der Waals surface area contributed by atoms with Crippen molar-refractivity contribution in [1.82, 2.24) is 0 Å². The van der Waals surface area contributed by atoms with Gasteiger partial charge in [0.15, 0.2) is 0 Å². The van der Waals surface area contributed by atoms with Crippen LogP contribution in [0.5, 0.6) is 0 Å². The van der Waals surface area contributed by atoms with Crippen molar-refractivity contribution in [2.24, 2.45) is 11.5 Å². The summed E-state index contributed by atoms with van der Waals surface area (Å²) in [6.45, 7) is 0.681. The number of hydrogen-bond donors (Lipinski definition) is 2. The van der Waals surface area contributed by atoms with Crippen LogP contribution >= 0.6 is 0 Å². The lowest BCUT2D eigenvalue weighted by molar-refractivity contribution is -0.0441. The maximum atomic E-state index is 5.81. The molecule has 0 saturated heterocycles. The second-order valence-corrected chi connectivity index (χ2v) is 5.12. The molecule has 0 saturated carbocycles. The molecule has 4 nitrogen and oxygen atoms in total. The fraction of sp³-hybridized carbons (Fsp3) is 1.00. The van der Waals surface area contributed by atoms with Gasteiger partial charge < -0.3 is 20.9 Å². The predicted octanol–water partition coefficient (Wildman–Crippen LogP) is -0.784. The molecule has 0 fully saturated rings. The second kappa shape index (κ2) is 8.65. The van der Waals surface area contributed by atoms with Crippen LogP contribution in [0.2, 0.25) is 6.04 Å². The van der Waals surface area contributed by atoms with Crippen molar-refractivity contribution >= 4 is 9.52 Å². The minimum Gasteiger partial charge on any atom is -0.360 e. The molecule has 5 heteroatoms. The fourth-order valence-corrected chi connectivity index (χ4v) is 2.80. The van der Waals surface area contributed by atoms with E-state index in [9.17, 15) is 0 Å². The van der Waals surface area contributed by atoms with Gasteiger partial charge >= 0.3 is 0 Å². The lowest BCUT2D eigenvalue weighted by Gasteiger charge is -2.14. The zero-order valence-corrected chi connectivity index (χ0v) is 10.1. The van der Waals surface area contributed by atoms with Gasteiger partial charge in [0.05, 0.1) is 9.52 Å². The maximum absolute atomic E-state index is 5.81. The third-order valence-corrected chi connectivity index (χ3v) is 4.03. The highest BCUT2D eigenvalue weighted by Gasteiger charge is 2.07. The third kappa shape index (κ3) is 7.15. The summed E-state index contributed by atoms with van der Waals surface area (Å²) in [5.74, 6) is 0.0464. The van der Waals surface area contributed by atoms with Crippen molar-refractivity contribution in [3.05, 3.63) is 0 Å². The summed E-state index contributed by atoms with van der Waals surface area (Å²) in [6.07, 6.45) is 1.96. The van der Waals surface area contributed by atoms with Crippen LogP contribution < -0.4 is 11.5 Å². The van der Waals surface area contributed by atoms with Crippen molar-refractivity contribution in [1.29, 1.82) is 0 Å². The Labute approximate surface area is 82.8 Å². The van der Waals surface area contributed by atoms with Crippen LogP contribution in [-0.4, -0.2) is 42.2 Å². The summed E-state index contributed by atoms with van der Waals surface area (Å²) < 4.78 is 10.2. The molecule has 0 aromatic heterocycles. The van der Waals surface area contributed by atoms with Crippen LogP contribution in [0.15, 0.2) is 0 Å². The quantitative estimate of drug-likeness (QED) is 0.404. The molecule has 0 aromatic carbocycles. The second-order valence-electron chi connectivity index (χ2n) is 3.17. The van der Waals surface area contributed by atoms with Gasteiger partial charge in [-0.1, -0.05) is 6.04 Å². The van der Waals surface area contributed by atoms with Crippen LogP contribution in [-0.2, 0) is 9.47 Å². The normalized spacial score (nSPS) is 14.5. The zero-order valence-electron chi connectivity index (χ0n) is 8.66. The van der Waals surface area contributed by atoms with E-state index in [2.05, 4.69) is 0 Å². The number of hydrogen-bond acceptors (Lipinski definition) is 4. The van der Waals surface area contributed by atoms with E-state index in [1.165, 1.54) is 0 Å². The van der Waals surface area contributed by atoms with Gasteiger partial charge in [-0.05, 0) is 19.4 Å². The third-order valence-electron chi connectivity index (χ3n) is 2.08. The Bertz CT molecular complexity index is 112. The molecule has 4 N–H and O–H groups in total. The summed E-state index contributed by atoms with van der Waals surface area (Å²) in [5.41, 5.74) is 11.2. The Morgan fingerprint density at radius 3 is 2.31 bits per heavy atom. The highest BCUT2D eigenvalue weighted by atomic mass is 28.2. The minimum atomic E-state index is -0.300. The van der Waals surface area contributed by atoms with Crippen LogP contribution in [0.25, 0.3) is 0 Å². The Hall–Kier alpha value is 0.0569. The van der Waals surface area contributed by atoms with Gasteiger partial charge in [-0.2, -0.15) is 0 Å². The summed E-state index contributed by atoms with van der Waals surface area (Å²) in [5, 5.41) is 0. The molecule has 0 aromatic rings. The van der Waals surface area contributed by atoms with Gasteiger partial charge in [-0.25, -0.2) is 0 Å². The van der Waals surface area contributed by atoms with Gasteiger partial charge in [0, 0.05) is 20.3 Å². The highest BCUT2D eigenvalue weighted by molar-refractivity contribution is 6.36. The van der Waals surface area contributed by atoms with Gasteiger partial charge in [0.2, 0.25) is 0 Å². The van der Waals surface area contributed by atoms with E-state index >= 15 is 0 Å². The molecule has 0 rings (SSSR count). The molecule has 0 heterocycles. The molecule has 13 heavy (non-hydrogen) atoms. The molecule has 0 spiro atoms. The van der Waals surface area contributed by atoms with E-state index in [1.807, 2.05) is 0 Å². The SMILES string of the molecule is COC(OC)[SiH2]CCC(N)CCN. The van der Waals surface area contributed by atoms with Crippen molar-refractivity contribution in [3.63, 3.8) is 0 Å².